The van der Waals surface area contributed by atoms with Gasteiger partial charge in [0.2, 0.25) is 5.91 Å². The van der Waals surface area contributed by atoms with Crippen molar-refractivity contribution < 1.29 is 27.5 Å². The molecule has 1 fully saturated rings. The van der Waals surface area contributed by atoms with Crippen molar-refractivity contribution in [2.75, 3.05) is 7.11 Å². The molecule has 0 saturated carbocycles. The van der Waals surface area contributed by atoms with Crippen molar-refractivity contribution in [3.05, 3.63) is 41.5 Å². The lowest BCUT2D eigenvalue weighted by atomic mass is 10.0. The number of nitrogens with one attached hydrogen (secondary N) is 2. The molecule has 0 spiro atoms. The summed E-state index contributed by atoms with van der Waals surface area (Å²) in [5, 5.41) is 7.78. The Morgan fingerprint density at radius 1 is 1.35 bits per heavy atom. The number of carbonyl (C=O) groups is 2. The third kappa shape index (κ3) is 3.60. The number of benzene rings is 1. The molecule has 1 aromatic heterocycles. The highest BCUT2D eigenvalue weighted by Crippen LogP contribution is 2.27. The average molecular weight is 369 g/mol. The molecule has 3 rings (SSSR count). The van der Waals surface area contributed by atoms with Crippen LogP contribution in [0.15, 0.2) is 24.3 Å². The number of nitrogens with zero attached hydrogens (tertiary/aromatic N) is 3. The van der Waals surface area contributed by atoms with E-state index in [-0.39, 0.29) is 12.2 Å². The molecule has 0 aliphatic carbocycles. The number of rotatable bonds is 4. The number of aromatic nitrogens is 3. The van der Waals surface area contributed by atoms with Crippen LogP contribution in [-0.2, 0) is 17.5 Å². The minimum Gasteiger partial charge on any atom is -0.497 e. The van der Waals surface area contributed by atoms with Gasteiger partial charge in [-0.3, -0.25) is 14.8 Å². The molecule has 0 bridgehead atoms. The summed E-state index contributed by atoms with van der Waals surface area (Å²) in [7, 11) is 1.50. The second kappa shape index (κ2) is 6.65. The first-order valence-electron chi connectivity index (χ1n) is 7.51. The predicted octanol–water partition coefficient (Wildman–Crippen LogP) is 2.02. The Morgan fingerprint density at radius 3 is 2.73 bits per heavy atom. The van der Waals surface area contributed by atoms with Gasteiger partial charge in [-0.2, -0.15) is 13.2 Å². The van der Waals surface area contributed by atoms with E-state index in [0.717, 1.165) is 4.90 Å². The van der Waals surface area contributed by atoms with Crippen LogP contribution < -0.4 is 10.1 Å². The monoisotopic (exact) mass is 369 g/mol. The summed E-state index contributed by atoms with van der Waals surface area (Å²) in [5.41, 5.74) is 0.685. The third-order valence-electron chi connectivity index (χ3n) is 3.81. The van der Waals surface area contributed by atoms with Gasteiger partial charge in [-0.25, -0.2) is 9.78 Å². The predicted molar refractivity (Wildman–Crippen MR) is 80.8 cm³/mol. The van der Waals surface area contributed by atoms with E-state index in [1.807, 2.05) is 0 Å². The van der Waals surface area contributed by atoms with Crippen LogP contribution >= 0.6 is 0 Å². The summed E-state index contributed by atoms with van der Waals surface area (Å²) in [6.07, 6.45) is -4.75. The Balaban J connectivity index is 1.72. The molecule has 1 atom stereocenters. The van der Waals surface area contributed by atoms with Gasteiger partial charge in [0, 0.05) is 0 Å². The summed E-state index contributed by atoms with van der Waals surface area (Å²) in [6.45, 7) is -0.432. The first kappa shape index (κ1) is 17.7. The highest BCUT2D eigenvalue weighted by molar-refractivity contribution is 5.97. The second-order valence-corrected chi connectivity index (χ2v) is 5.57. The average Bonchev–Trinajstić information content (AvgIpc) is 3.07. The van der Waals surface area contributed by atoms with Crippen LogP contribution in [0.5, 0.6) is 5.75 Å². The second-order valence-electron chi connectivity index (χ2n) is 5.57. The van der Waals surface area contributed by atoms with Crippen LogP contribution in [-0.4, -0.2) is 39.1 Å². The van der Waals surface area contributed by atoms with Crippen LogP contribution in [0, 0.1) is 0 Å². The molecular formula is C15H14F3N5O3. The molecule has 8 nitrogen and oxygen atoms in total. The van der Waals surface area contributed by atoms with Crippen molar-refractivity contribution in [3.63, 3.8) is 0 Å². The summed E-state index contributed by atoms with van der Waals surface area (Å²) in [6, 6.07) is 5.61. The largest absolute Gasteiger partial charge is 0.497 e. The maximum Gasteiger partial charge on any atom is 0.453 e. The normalized spacial score (nSPS) is 18.0. The molecule has 1 unspecified atom stereocenters. The van der Waals surface area contributed by atoms with E-state index in [9.17, 15) is 22.8 Å². The van der Waals surface area contributed by atoms with Crippen molar-refractivity contribution >= 4 is 11.9 Å². The first-order chi connectivity index (χ1) is 12.3. The highest BCUT2D eigenvalue weighted by atomic mass is 19.4. The minimum atomic E-state index is -4.71. The number of ether oxygens (including phenoxy) is 1. The number of halogens is 3. The Labute approximate surface area is 145 Å². The fourth-order valence-corrected chi connectivity index (χ4v) is 2.54. The SMILES string of the molecule is COc1cccc(C2CC(=O)N(Cc3nc(C(F)(F)F)n[nH]3)C(=O)N2)c1. The Hall–Kier alpha value is -3.11. The van der Waals surface area contributed by atoms with Crippen molar-refractivity contribution in [2.24, 2.45) is 0 Å². The lowest BCUT2D eigenvalue weighted by Crippen LogP contribution is -2.50. The summed E-state index contributed by atoms with van der Waals surface area (Å²) in [5.74, 6) is -1.55. The van der Waals surface area contributed by atoms with Crippen LogP contribution in [0.25, 0.3) is 0 Å². The zero-order valence-electron chi connectivity index (χ0n) is 13.5. The fraction of sp³-hybridized carbons (Fsp3) is 0.333. The van der Waals surface area contributed by atoms with Crippen molar-refractivity contribution in [1.82, 2.24) is 25.4 Å². The lowest BCUT2D eigenvalue weighted by molar-refractivity contribution is -0.144. The van der Waals surface area contributed by atoms with Gasteiger partial charge in [-0.15, -0.1) is 5.10 Å². The van der Waals surface area contributed by atoms with Crippen molar-refractivity contribution in [1.29, 1.82) is 0 Å². The lowest BCUT2D eigenvalue weighted by Gasteiger charge is -2.31. The van der Waals surface area contributed by atoms with Crippen LogP contribution in [0.4, 0.5) is 18.0 Å². The van der Waals surface area contributed by atoms with Gasteiger partial charge in [0.1, 0.15) is 11.6 Å². The zero-order chi connectivity index (χ0) is 18.9. The maximum absolute atomic E-state index is 12.5. The van der Waals surface area contributed by atoms with Gasteiger partial charge in [0.15, 0.2) is 0 Å². The highest BCUT2D eigenvalue weighted by Gasteiger charge is 2.37. The van der Waals surface area contributed by atoms with Gasteiger partial charge in [-0.05, 0) is 17.7 Å². The maximum atomic E-state index is 12.5. The first-order valence-corrected chi connectivity index (χ1v) is 7.51. The van der Waals surface area contributed by atoms with Gasteiger partial charge in [0.05, 0.1) is 26.1 Å². The number of H-pyrrole nitrogens is 1. The molecule has 3 amide bonds. The Bertz CT molecular complexity index is 818. The van der Waals surface area contributed by atoms with Gasteiger partial charge >= 0.3 is 12.2 Å². The van der Waals surface area contributed by atoms with E-state index in [2.05, 4.69) is 20.5 Å². The van der Waals surface area contributed by atoms with Crippen LogP contribution in [0.2, 0.25) is 0 Å². The van der Waals surface area contributed by atoms with Crippen LogP contribution in [0.1, 0.15) is 29.7 Å². The summed E-state index contributed by atoms with van der Waals surface area (Å²) >= 11 is 0. The molecule has 11 heteroatoms. The zero-order valence-corrected chi connectivity index (χ0v) is 13.5. The number of hydrogen-bond donors (Lipinski definition) is 2. The topological polar surface area (TPSA) is 100 Å². The van der Waals surface area contributed by atoms with E-state index < -0.39 is 36.5 Å². The van der Waals surface area contributed by atoms with Crippen molar-refractivity contribution in [2.45, 2.75) is 25.2 Å². The number of alkyl halides is 3. The molecule has 0 radical (unpaired) electrons. The summed E-state index contributed by atoms with van der Waals surface area (Å²) in [4.78, 5) is 28.6. The number of aromatic amines is 1. The number of carbonyl (C=O) groups excluding carboxylic acids is 2. The molecule has 1 aromatic carbocycles. The molecule has 26 heavy (non-hydrogen) atoms. The number of imide groups is 1. The van der Waals surface area contributed by atoms with E-state index in [1.165, 1.54) is 7.11 Å². The Morgan fingerprint density at radius 2 is 2.12 bits per heavy atom. The van der Waals surface area contributed by atoms with E-state index >= 15 is 0 Å². The smallest absolute Gasteiger partial charge is 0.453 e. The molecule has 2 N–H and O–H groups in total. The van der Waals surface area contributed by atoms with E-state index in [4.69, 9.17) is 4.74 Å². The number of urea groups is 1. The number of methoxy groups -OCH3 is 1. The molecule has 1 aliphatic heterocycles. The minimum absolute atomic E-state index is 0.0425. The van der Waals surface area contributed by atoms with Crippen molar-refractivity contribution in [3.8, 4) is 5.75 Å². The fourth-order valence-electron chi connectivity index (χ4n) is 2.54. The van der Waals surface area contributed by atoms with Gasteiger partial charge in [0.25, 0.3) is 5.82 Å². The Kier molecular flexibility index (Phi) is 4.53. The third-order valence-corrected chi connectivity index (χ3v) is 3.81. The molecule has 1 saturated heterocycles. The molecule has 1 aliphatic rings. The molecule has 138 valence electrons. The van der Waals surface area contributed by atoms with E-state index in [0.29, 0.717) is 11.3 Å². The van der Waals surface area contributed by atoms with Gasteiger partial charge in [-0.1, -0.05) is 12.1 Å². The molecule has 2 aromatic rings. The number of amides is 3. The summed E-state index contributed by atoms with van der Waals surface area (Å²) < 4.78 is 42.7. The van der Waals surface area contributed by atoms with E-state index in [1.54, 1.807) is 24.3 Å². The standard InChI is InChI=1S/C15H14F3N5O3/c1-26-9-4-2-3-8(5-9)10-6-12(24)23(14(25)19-10)7-11-20-13(22-21-11)15(16,17)18/h2-5,10H,6-7H2,1H3,(H,19,25)(H,20,21,22). The number of hydrogen-bond acceptors (Lipinski definition) is 5. The quantitative estimate of drug-likeness (QED) is 0.859. The van der Waals surface area contributed by atoms with Crippen LogP contribution in [0.3, 0.4) is 0 Å². The molecule has 2 heterocycles. The molecular weight excluding hydrogens is 355 g/mol. The van der Waals surface area contributed by atoms with Gasteiger partial charge < -0.3 is 10.1 Å².